The van der Waals surface area contributed by atoms with Crippen LogP contribution in [0, 0.1) is 11.3 Å². The lowest BCUT2D eigenvalue weighted by molar-refractivity contribution is -0.145. The van der Waals surface area contributed by atoms with Crippen molar-refractivity contribution in [2.24, 2.45) is 11.3 Å². The fourth-order valence-corrected chi connectivity index (χ4v) is 3.12. The van der Waals surface area contributed by atoms with Gasteiger partial charge in [0.2, 0.25) is 0 Å². The molecule has 21 heavy (non-hydrogen) atoms. The van der Waals surface area contributed by atoms with Crippen molar-refractivity contribution in [2.45, 2.75) is 25.9 Å². The molecule has 1 aliphatic carbocycles. The Morgan fingerprint density at radius 1 is 1.29 bits per heavy atom. The van der Waals surface area contributed by atoms with Crippen LogP contribution in [0.4, 0.5) is 4.79 Å². The van der Waals surface area contributed by atoms with Gasteiger partial charge in [-0.1, -0.05) is 30.3 Å². The molecule has 1 saturated heterocycles. The molecule has 1 atom stereocenters. The van der Waals surface area contributed by atoms with Crippen LogP contribution in [0.15, 0.2) is 30.3 Å². The molecule has 1 heterocycles. The molecule has 1 unspecified atom stereocenters. The highest BCUT2D eigenvalue weighted by Crippen LogP contribution is 2.55. The molecule has 0 aromatic heterocycles. The zero-order chi connectivity index (χ0) is 14.9. The zero-order valence-electron chi connectivity index (χ0n) is 11.8. The van der Waals surface area contributed by atoms with E-state index in [1.165, 1.54) is 0 Å². The first-order valence-corrected chi connectivity index (χ1v) is 7.31. The molecule has 2 fully saturated rings. The quantitative estimate of drug-likeness (QED) is 0.925. The van der Waals surface area contributed by atoms with E-state index in [0.717, 1.165) is 24.8 Å². The topological polar surface area (TPSA) is 66.8 Å². The van der Waals surface area contributed by atoms with Crippen molar-refractivity contribution in [2.75, 3.05) is 13.1 Å². The summed E-state index contributed by atoms with van der Waals surface area (Å²) in [4.78, 5) is 25.0. The third-order valence-corrected chi connectivity index (χ3v) is 4.65. The summed E-state index contributed by atoms with van der Waals surface area (Å²) >= 11 is 0. The summed E-state index contributed by atoms with van der Waals surface area (Å²) in [6, 6.07) is 9.53. The Labute approximate surface area is 123 Å². The number of carbonyl (C=O) groups is 2. The van der Waals surface area contributed by atoms with Gasteiger partial charge in [0.25, 0.3) is 0 Å². The molecule has 1 saturated carbocycles. The molecule has 0 spiro atoms. The molecule has 0 bridgehead atoms. The number of benzene rings is 1. The summed E-state index contributed by atoms with van der Waals surface area (Å²) in [6.07, 6.45) is 1.88. The van der Waals surface area contributed by atoms with Crippen LogP contribution in [0.2, 0.25) is 0 Å². The van der Waals surface area contributed by atoms with Crippen molar-refractivity contribution in [3.05, 3.63) is 35.9 Å². The molecule has 2 aliphatic rings. The summed E-state index contributed by atoms with van der Waals surface area (Å²) in [5, 5.41) is 9.31. The largest absolute Gasteiger partial charge is 0.481 e. The number of amides is 1. The summed E-state index contributed by atoms with van der Waals surface area (Å²) in [5.74, 6) is -0.647. The molecule has 1 aromatic carbocycles. The van der Waals surface area contributed by atoms with Crippen LogP contribution in [0.3, 0.4) is 0 Å². The maximum atomic E-state index is 12.0. The van der Waals surface area contributed by atoms with Crippen LogP contribution in [0.1, 0.15) is 24.8 Å². The first kappa shape index (κ1) is 13.9. The number of ether oxygens (including phenoxy) is 1. The predicted octanol–water partition coefficient (Wildman–Crippen LogP) is 2.51. The van der Waals surface area contributed by atoms with Crippen molar-refractivity contribution in [1.29, 1.82) is 0 Å². The van der Waals surface area contributed by atoms with Gasteiger partial charge < -0.3 is 14.7 Å². The first-order valence-electron chi connectivity index (χ1n) is 7.31. The fraction of sp³-hybridized carbons (Fsp3) is 0.500. The van der Waals surface area contributed by atoms with Crippen molar-refractivity contribution >= 4 is 12.1 Å². The molecular formula is C16H19NO4. The lowest BCUT2D eigenvalue weighted by Gasteiger charge is -2.19. The number of nitrogens with zero attached hydrogens (tertiary/aromatic N) is 1. The third kappa shape index (κ3) is 2.73. The van der Waals surface area contributed by atoms with E-state index in [9.17, 15) is 14.7 Å². The van der Waals surface area contributed by atoms with Gasteiger partial charge in [-0.05, 0) is 30.7 Å². The Balaban J connectivity index is 1.52. The minimum atomic E-state index is -0.716. The second kappa shape index (κ2) is 5.39. The van der Waals surface area contributed by atoms with Gasteiger partial charge in [-0.2, -0.15) is 0 Å². The number of hydrogen-bond acceptors (Lipinski definition) is 3. The highest BCUT2D eigenvalue weighted by Gasteiger charge is 2.57. The maximum Gasteiger partial charge on any atom is 0.410 e. The van der Waals surface area contributed by atoms with Crippen LogP contribution in [0.5, 0.6) is 0 Å². The molecule has 1 N–H and O–H groups in total. The molecule has 1 amide bonds. The number of likely N-dealkylation sites (tertiary alicyclic amines) is 1. The monoisotopic (exact) mass is 289 g/mol. The molecule has 3 rings (SSSR count). The molecule has 1 aliphatic heterocycles. The van der Waals surface area contributed by atoms with Crippen molar-refractivity contribution < 1.29 is 19.4 Å². The van der Waals surface area contributed by atoms with Crippen LogP contribution < -0.4 is 0 Å². The number of aliphatic carboxylic acids is 1. The Morgan fingerprint density at radius 3 is 2.62 bits per heavy atom. The fourth-order valence-electron chi connectivity index (χ4n) is 3.12. The summed E-state index contributed by atoms with van der Waals surface area (Å²) < 4.78 is 5.29. The van der Waals surface area contributed by atoms with E-state index in [-0.39, 0.29) is 18.6 Å². The number of rotatable bonds is 4. The normalized spacial score (nSPS) is 22.9. The van der Waals surface area contributed by atoms with Gasteiger partial charge in [0.1, 0.15) is 6.61 Å². The van der Waals surface area contributed by atoms with E-state index in [2.05, 4.69) is 0 Å². The summed E-state index contributed by atoms with van der Waals surface area (Å²) in [6.45, 7) is 1.35. The maximum absolute atomic E-state index is 12.0. The SMILES string of the molecule is O=C(OCc1ccccc1)N1CCC(C2(C(=O)O)CC2)C1. The van der Waals surface area contributed by atoms with Gasteiger partial charge in [0, 0.05) is 13.1 Å². The van der Waals surface area contributed by atoms with Crippen molar-refractivity contribution in [3.63, 3.8) is 0 Å². The number of carbonyl (C=O) groups excluding carboxylic acids is 1. The number of carboxylic acids is 1. The third-order valence-electron chi connectivity index (χ3n) is 4.65. The van der Waals surface area contributed by atoms with Crippen molar-refractivity contribution in [1.82, 2.24) is 4.90 Å². The molecular weight excluding hydrogens is 270 g/mol. The highest BCUT2D eigenvalue weighted by atomic mass is 16.6. The van der Waals surface area contributed by atoms with E-state index < -0.39 is 11.4 Å². The second-order valence-corrected chi connectivity index (χ2v) is 5.93. The Morgan fingerprint density at radius 2 is 2.00 bits per heavy atom. The van der Waals surface area contributed by atoms with Crippen LogP contribution in [-0.4, -0.2) is 35.2 Å². The van der Waals surface area contributed by atoms with Gasteiger partial charge >= 0.3 is 12.1 Å². The van der Waals surface area contributed by atoms with Gasteiger partial charge in [-0.25, -0.2) is 4.79 Å². The van der Waals surface area contributed by atoms with Gasteiger partial charge in [0.05, 0.1) is 5.41 Å². The number of carboxylic acid groups (broad SMARTS) is 1. The van der Waals surface area contributed by atoms with Crippen molar-refractivity contribution in [3.8, 4) is 0 Å². The summed E-state index contributed by atoms with van der Waals surface area (Å²) in [5.41, 5.74) is 0.375. The molecule has 5 nitrogen and oxygen atoms in total. The van der Waals surface area contributed by atoms with E-state index in [1.807, 2.05) is 30.3 Å². The van der Waals surface area contributed by atoms with E-state index >= 15 is 0 Å². The second-order valence-electron chi connectivity index (χ2n) is 5.93. The lowest BCUT2D eigenvalue weighted by Crippen LogP contribution is -2.32. The minimum absolute atomic E-state index is 0.0688. The van der Waals surface area contributed by atoms with Gasteiger partial charge in [0.15, 0.2) is 0 Å². The average molecular weight is 289 g/mol. The van der Waals surface area contributed by atoms with E-state index in [0.29, 0.717) is 13.1 Å². The molecule has 112 valence electrons. The van der Waals surface area contributed by atoms with E-state index in [1.54, 1.807) is 4.90 Å². The smallest absolute Gasteiger partial charge is 0.410 e. The van der Waals surface area contributed by atoms with Gasteiger partial charge in [-0.15, -0.1) is 0 Å². The van der Waals surface area contributed by atoms with Gasteiger partial charge in [-0.3, -0.25) is 4.79 Å². The van der Waals surface area contributed by atoms with Crippen LogP contribution in [0.25, 0.3) is 0 Å². The predicted molar refractivity (Wildman–Crippen MR) is 75.6 cm³/mol. The Hall–Kier alpha value is -2.04. The minimum Gasteiger partial charge on any atom is -0.481 e. The van der Waals surface area contributed by atoms with Crippen LogP contribution >= 0.6 is 0 Å². The summed E-state index contributed by atoms with van der Waals surface area (Å²) in [7, 11) is 0. The lowest BCUT2D eigenvalue weighted by atomic mass is 9.88. The molecule has 1 aromatic rings. The number of hydrogen-bond donors (Lipinski definition) is 1. The van der Waals surface area contributed by atoms with E-state index in [4.69, 9.17) is 4.74 Å². The zero-order valence-corrected chi connectivity index (χ0v) is 11.8. The standard InChI is InChI=1S/C16H19NO4/c18-14(19)16(7-8-16)13-6-9-17(10-13)15(20)21-11-12-4-2-1-3-5-12/h1-5,13H,6-11H2,(H,18,19). The van der Waals surface area contributed by atoms with Crippen LogP contribution in [-0.2, 0) is 16.1 Å². The molecule has 0 radical (unpaired) electrons. The first-order chi connectivity index (χ1) is 10.1. The Kier molecular flexibility index (Phi) is 3.57. The average Bonchev–Trinajstić information content (AvgIpc) is 3.17. The highest BCUT2D eigenvalue weighted by molar-refractivity contribution is 5.78. The molecule has 5 heteroatoms. The Bertz CT molecular complexity index is 538.